The van der Waals surface area contributed by atoms with Crippen LogP contribution < -0.4 is 5.32 Å². The van der Waals surface area contributed by atoms with E-state index in [1.807, 2.05) is 31.2 Å². The number of hydrogen-bond donors (Lipinski definition) is 1. The number of nitrogens with one attached hydrogen (secondary N) is 1. The van der Waals surface area contributed by atoms with Crippen LogP contribution in [0.2, 0.25) is 0 Å². The second-order valence-corrected chi connectivity index (χ2v) is 10.8. The maximum Gasteiger partial charge on any atom is 0.248 e. The predicted octanol–water partition coefficient (Wildman–Crippen LogP) is 3.59. The van der Waals surface area contributed by atoms with Gasteiger partial charge in [-0.25, -0.2) is 8.42 Å². The Morgan fingerprint density at radius 2 is 1.76 bits per heavy atom. The fourth-order valence-electron chi connectivity index (χ4n) is 3.91. The molecule has 1 aliphatic heterocycles. The number of nitrogens with zero attached hydrogens (tertiary/aromatic N) is 5. The Morgan fingerprint density at radius 1 is 1.06 bits per heavy atom. The summed E-state index contributed by atoms with van der Waals surface area (Å²) >= 11 is 0. The third-order valence-electron chi connectivity index (χ3n) is 6.01. The minimum Gasteiger partial charge on any atom is -0.324 e. The van der Waals surface area contributed by atoms with E-state index >= 15 is 0 Å². The van der Waals surface area contributed by atoms with Crippen molar-refractivity contribution in [1.82, 2.24) is 24.5 Å². The third kappa shape index (κ3) is 5.34. The first-order valence-electron chi connectivity index (χ1n) is 11.5. The van der Waals surface area contributed by atoms with E-state index in [2.05, 4.69) is 34.6 Å². The molecule has 0 unspecified atom stereocenters. The first kappa shape index (κ1) is 24.0. The van der Waals surface area contributed by atoms with Gasteiger partial charge in [-0.05, 0) is 54.2 Å². The lowest BCUT2D eigenvalue weighted by Gasteiger charge is -2.26. The van der Waals surface area contributed by atoms with Crippen molar-refractivity contribution in [3.05, 3.63) is 53.6 Å². The number of carbonyl (C=O) groups excluding carboxylic acids is 1. The monoisotopic (exact) mass is 482 g/mol. The largest absolute Gasteiger partial charge is 0.324 e. The number of carbonyl (C=O) groups is 1. The average Bonchev–Trinajstić information content (AvgIpc) is 3.29. The number of aromatic nitrogens is 4. The number of hydrogen-bond acceptors (Lipinski definition) is 6. The fourth-order valence-corrected chi connectivity index (χ4v) is 5.46. The van der Waals surface area contributed by atoms with Crippen molar-refractivity contribution < 1.29 is 13.2 Å². The fraction of sp³-hybridized carbons (Fsp3) is 0.417. The molecule has 3 aromatic rings. The Hall–Kier alpha value is -3.11. The maximum absolute atomic E-state index is 13.0. The molecule has 0 radical (unpaired) electrons. The Balaban J connectivity index is 1.45. The van der Waals surface area contributed by atoms with E-state index in [1.54, 1.807) is 12.1 Å². The van der Waals surface area contributed by atoms with Gasteiger partial charge in [0.1, 0.15) is 6.54 Å². The second-order valence-electron chi connectivity index (χ2n) is 8.91. The molecule has 0 spiro atoms. The molecule has 34 heavy (non-hydrogen) atoms. The number of amides is 1. The van der Waals surface area contributed by atoms with Crippen LogP contribution in [0.25, 0.3) is 11.4 Å². The van der Waals surface area contributed by atoms with E-state index < -0.39 is 10.0 Å². The van der Waals surface area contributed by atoms with Gasteiger partial charge >= 0.3 is 0 Å². The second kappa shape index (κ2) is 10.0. The summed E-state index contributed by atoms with van der Waals surface area (Å²) in [4.78, 5) is 14.1. The Kier molecular flexibility index (Phi) is 7.08. The van der Waals surface area contributed by atoms with Gasteiger partial charge in [-0.3, -0.25) is 4.79 Å². The lowest BCUT2D eigenvalue weighted by Crippen LogP contribution is -2.35. The lowest BCUT2D eigenvalue weighted by molar-refractivity contribution is -0.117. The number of anilines is 1. The van der Waals surface area contributed by atoms with Gasteiger partial charge < -0.3 is 5.32 Å². The van der Waals surface area contributed by atoms with Crippen LogP contribution in [0.1, 0.15) is 50.2 Å². The van der Waals surface area contributed by atoms with Gasteiger partial charge in [0.05, 0.1) is 4.90 Å². The molecule has 1 aromatic heterocycles. The quantitative estimate of drug-likeness (QED) is 0.551. The predicted molar refractivity (Wildman–Crippen MR) is 130 cm³/mol. The van der Waals surface area contributed by atoms with Crippen LogP contribution in [0.4, 0.5) is 5.69 Å². The molecule has 4 rings (SSSR count). The average molecular weight is 483 g/mol. The molecule has 0 bridgehead atoms. The van der Waals surface area contributed by atoms with Crippen LogP contribution >= 0.6 is 0 Å². The van der Waals surface area contributed by atoms with E-state index in [1.165, 1.54) is 20.7 Å². The standard InChI is InChI=1S/C24H30N6O3S/c1-17(2)19-8-10-20(11-9-19)24-26-28-30(27-24)16-23(31)25-22-15-21(12-7-18(22)3)34(32,33)29-13-5-4-6-14-29/h7-12,15,17H,4-6,13-14,16H2,1-3H3,(H,25,31). The summed E-state index contributed by atoms with van der Waals surface area (Å²) in [6, 6.07) is 12.8. The van der Waals surface area contributed by atoms with Crippen molar-refractivity contribution in [3.8, 4) is 11.4 Å². The molecule has 0 aliphatic carbocycles. The zero-order valence-electron chi connectivity index (χ0n) is 19.7. The summed E-state index contributed by atoms with van der Waals surface area (Å²) in [5.74, 6) is 0.502. The lowest BCUT2D eigenvalue weighted by atomic mass is 10.0. The summed E-state index contributed by atoms with van der Waals surface area (Å²) in [7, 11) is -3.59. The van der Waals surface area contributed by atoms with Crippen LogP contribution in [0, 0.1) is 6.92 Å². The SMILES string of the molecule is Cc1ccc(S(=O)(=O)N2CCCCC2)cc1NC(=O)Cn1nnc(-c2ccc(C(C)C)cc2)n1. The maximum atomic E-state index is 13.0. The summed E-state index contributed by atoms with van der Waals surface area (Å²) in [5, 5.41) is 15.1. The molecule has 2 aromatic carbocycles. The van der Waals surface area contributed by atoms with Gasteiger partial charge in [0.2, 0.25) is 21.8 Å². The van der Waals surface area contributed by atoms with Crippen LogP contribution in [-0.4, -0.2) is 51.9 Å². The Labute approximate surface area is 200 Å². The van der Waals surface area contributed by atoms with Crippen molar-refractivity contribution in [2.75, 3.05) is 18.4 Å². The minimum atomic E-state index is -3.59. The Bertz CT molecular complexity index is 1260. The van der Waals surface area contributed by atoms with E-state index in [4.69, 9.17) is 0 Å². The van der Waals surface area contributed by atoms with Crippen molar-refractivity contribution in [1.29, 1.82) is 0 Å². The summed E-state index contributed by atoms with van der Waals surface area (Å²) < 4.78 is 27.5. The number of piperidine rings is 1. The topological polar surface area (TPSA) is 110 Å². The summed E-state index contributed by atoms with van der Waals surface area (Å²) in [5.41, 5.74) is 3.26. The zero-order valence-corrected chi connectivity index (χ0v) is 20.5. The molecule has 1 N–H and O–H groups in total. The van der Waals surface area contributed by atoms with Gasteiger partial charge in [-0.15, -0.1) is 10.2 Å². The van der Waals surface area contributed by atoms with E-state index in [0.717, 1.165) is 30.4 Å². The molecule has 1 aliphatic rings. The summed E-state index contributed by atoms with van der Waals surface area (Å²) in [6.07, 6.45) is 2.77. The molecule has 10 heteroatoms. The number of rotatable bonds is 7. The van der Waals surface area contributed by atoms with Crippen LogP contribution in [0.3, 0.4) is 0 Å². The Morgan fingerprint density at radius 3 is 2.44 bits per heavy atom. The third-order valence-corrected chi connectivity index (χ3v) is 7.90. The van der Waals surface area contributed by atoms with Crippen molar-refractivity contribution in [3.63, 3.8) is 0 Å². The van der Waals surface area contributed by atoms with Gasteiger partial charge in [0.25, 0.3) is 0 Å². The number of tetrazole rings is 1. The highest BCUT2D eigenvalue weighted by atomic mass is 32.2. The van der Waals surface area contributed by atoms with Crippen molar-refractivity contribution in [2.24, 2.45) is 0 Å². The van der Waals surface area contributed by atoms with Crippen LogP contribution in [0.15, 0.2) is 47.4 Å². The number of benzene rings is 2. The molecular weight excluding hydrogens is 452 g/mol. The molecule has 1 saturated heterocycles. The first-order chi connectivity index (χ1) is 16.2. The van der Waals surface area contributed by atoms with E-state index in [0.29, 0.717) is 30.5 Å². The molecule has 0 saturated carbocycles. The van der Waals surface area contributed by atoms with Crippen LogP contribution in [-0.2, 0) is 21.4 Å². The van der Waals surface area contributed by atoms with Gasteiger partial charge in [-0.2, -0.15) is 9.10 Å². The number of sulfonamides is 1. The van der Waals surface area contributed by atoms with E-state index in [-0.39, 0.29) is 17.3 Å². The molecule has 0 atom stereocenters. The van der Waals surface area contributed by atoms with Gasteiger partial charge in [0, 0.05) is 24.3 Å². The van der Waals surface area contributed by atoms with Crippen molar-refractivity contribution in [2.45, 2.75) is 57.4 Å². The molecule has 180 valence electrons. The van der Waals surface area contributed by atoms with Gasteiger partial charge in [-0.1, -0.05) is 50.6 Å². The highest BCUT2D eigenvalue weighted by Crippen LogP contribution is 2.25. The van der Waals surface area contributed by atoms with Crippen molar-refractivity contribution >= 4 is 21.6 Å². The van der Waals surface area contributed by atoms with Gasteiger partial charge in [0.15, 0.2) is 0 Å². The molecule has 1 fully saturated rings. The summed E-state index contributed by atoms with van der Waals surface area (Å²) in [6.45, 7) is 6.99. The molecule has 2 heterocycles. The number of aryl methyl sites for hydroxylation is 1. The van der Waals surface area contributed by atoms with E-state index in [9.17, 15) is 13.2 Å². The first-order valence-corrected chi connectivity index (χ1v) is 13.0. The smallest absolute Gasteiger partial charge is 0.248 e. The normalized spacial score (nSPS) is 14.9. The molecule has 1 amide bonds. The minimum absolute atomic E-state index is 0.139. The highest BCUT2D eigenvalue weighted by Gasteiger charge is 2.26. The molecular formula is C24H30N6O3S. The molecule has 9 nitrogen and oxygen atoms in total. The van der Waals surface area contributed by atoms with Crippen LogP contribution in [0.5, 0.6) is 0 Å². The highest BCUT2D eigenvalue weighted by molar-refractivity contribution is 7.89. The zero-order chi connectivity index (χ0) is 24.3.